The van der Waals surface area contributed by atoms with Crippen molar-refractivity contribution in [2.45, 2.75) is 0 Å². The molecule has 0 bridgehead atoms. The first-order chi connectivity index (χ1) is 10.1. The summed E-state index contributed by atoms with van der Waals surface area (Å²) in [6.45, 7) is 0. The summed E-state index contributed by atoms with van der Waals surface area (Å²) in [5.41, 5.74) is 1.92. The zero-order valence-electron chi connectivity index (χ0n) is 11.2. The van der Waals surface area contributed by atoms with Gasteiger partial charge in [-0.15, -0.1) is 0 Å². The minimum atomic E-state index is -0.271. The van der Waals surface area contributed by atoms with E-state index in [9.17, 15) is 4.79 Å². The minimum absolute atomic E-state index is 0.271. The normalized spacial score (nSPS) is 10.6. The summed E-state index contributed by atoms with van der Waals surface area (Å²) in [5.74, 6) is 0.221. The van der Waals surface area contributed by atoms with Crippen molar-refractivity contribution in [3.8, 4) is 11.3 Å². The average molecular weight is 302 g/mol. The van der Waals surface area contributed by atoms with E-state index in [1.165, 1.54) is 6.20 Å². The molecule has 21 heavy (non-hydrogen) atoms. The molecule has 0 spiro atoms. The number of anilines is 1. The van der Waals surface area contributed by atoms with Crippen molar-refractivity contribution in [1.29, 1.82) is 0 Å². The Bertz CT molecular complexity index is 775. The SMILES string of the molecule is Cn1ccc(NC(=O)c2cn[nH]c2-c2ccc(Cl)cc2)n1. The second kappa shape index (κ2) is 5.41. The summed E-state index contributed by atoms with van der Waals surface area (Å²) >= 11 is 5.87. The number of aromatic amines is 1. The van der Waals surface area contributed by atoms with Gasteiger partial charge in [0.1, 0.15) is 0 Å². The number of nitrogens with zero attached hydrogens (tertiary/aromatic N) is 3. The molecule has 7 heteroatoms. The molecule has 1 amide bonds. The number of rotatable bonds is 3. The van der Waals surface area contributed by atoms with Gasteiger partial charge in [-0.1, -0.05) is 23.7 Å². The number of benzene rings is 1. The second-order valence-electron chi connectivity index (χ2n) is 4.49. The quantitative estimate of drug-likeness (QED) is 0.781. The lowest BCUT2D eigenvalue weighted by atomic mass is 10.1. The van der Waals surface area contributed by atoms with Gasteiger partial charge in [0.05, 0.1) is 17.5 Å². The topological polar surface area (TPSA) is 75.6 Å². The third-order valence-corrected chi connectivity index (χ3v) is 3.22. The Morgan fingerprint density at radius 1 is 1.29 bits per heavy atom. The molecule has 0 atom stereocenters. The highest BCUT2D eigenvalue weighted by Crippen LogP contribution is 2.23. The third-order valence-electron chi connectivity index (χ3n) is 2.97. The highest BCUT2D eigenvalue weighted by molar-refractivity contribution is 6.30. The minimum Gasteiger partial charge on any atom is -0.305 e. The van der Waals surface area contributed by atoms with Crippen molar-refractivity contribution in [2.75, 3.05) is 5.32 Å². The standard InChI is InChI=1S/C14H12ClN5O/c1-20-7-6-12(19-20)17-14(21)11-8-16-18-13(11)9-2-4-10(15)5-3-9/h2-8H,1H3,(H,16,18)(H,17,19,21). The highest BCUT2D eigenvalue weighted by atomic mass is 35.5. The second-order valence-corrected chi connectivity index (χ2v) is 4.93. The number of halogens is 1. The van der Waals surface area contributed by atoms with Crippen LogP contribution in [0.15, 0.2) is 42.7 Å². The first kappa shape index (κ1) is 13.4. The molecule has 6 nitrogen and oxygen atoms in total. The van der Waals surface area contributed by atoms with Crippen LogP contribution in [0.25, 0.3) is 11.3 Å². The van der Waals surface area contributed by atoms with Crippen LogP contribution in [0.4, 0.5) is 5.82 Å². The van der Waals surface area contributed by atoms with Crippen LogP contribution in [0.3, 0.4) is 0 Å². The summed E-state index contributed by atoms with van der Waals surface area (Å²) < 4.78 is 1.62. The third kappa shape index (κ3) is 2.80. The van der Waals surface area contributed by atoms with Gasteiger partial charge in [-0.05, 0) is 12.1 Å². The molecular formula is C14H12ClN5O. The van der Waals surface area contributed by atoms with Gasteiger partial charge in [0.15, 0.2) is 5.82 Å². The Labute approximate surface area is 125 Å². The summed E-state index contributed by atoms with van der Waals surface area (Å²) in [4.78, 5) is 12.3. The number of hydrogen-bond donors (Lipinski definition) is 2. The van der Waals surface area contributed by atoms with E-state index in [0.29, 0.717) is 22.1 Å². The van der Waals surface area contributed by atoms with Crippen LogP contribution in [-0.2, 0) is 7.05 Å². The van der Waals surface area contributed by atoms with Crippen molar-refractivity contribution in [3.05, 3.63) is 53.3 Å². The van der Waals surface area contributed by atoms with Crippen molar-refractivity contribution in [3.63, 3.8) is 0 Å². The van der Waals surface area contributed by atoms with Gasteiger partial charge in [-0.2, -0.15) is 10.2 Å². The zero-order chi connectivity index (χ0) is 14.8. The van der Waals surface area contributed by atoms with Gasteiger partial charge in [0, 0.05) is 29.9 Å². The lowest BCUT2D eigenvalue weighted by molar-refractivity contribution is 0.102. The Morgan fingerprint density at radius 3 is 2.71 bits per heavy atom. The number of aryl methyl sites for hydroxylation is 1. The largest absolute Gasteiger partial charge is 0.305 e. The summed E-state index contributed by atoms with van der Waals surface area (Å²) in [5, 5.41) is 14.3. The van der Waals surface area contributed by atoms with Crippen molar-refractivity contribution >= 4 is 23.3 Å². The number of amides is 1. The van der Waals surface area contributed by atoms with Gasteiger partial charge >= 0.3 is 0 Å². The lowest BCUT2D eigenvalue weighted by Gasteiger charge is -2.04. The zero-order valence-corrected chi connectivity index (χ0v) is 11.9. The molecule has 2 N–H and O–H groups in total. The molecule has 106 valence electrons. The molecule has 2 heterocycles. The molecule has 3 rings (SSSR count). The fourth-order valence-corrected chi connectivity index (χ4v) is 2.09. The van der Waals surface area contributed by atoms with E-state index >= 15 is 0 Å². The average Bonchev–Trinajstić information content (AvgIpc) is 3.09. The van der Waals surface area contributed by atoms with Crippen molar-refractivity contribution in [2.24, 2.45) is 7.05 Å². The van der Waals surface area contributed by atoms with Crippen LogP contribution < -0.4 is 5.32 Å². The Kier molecular flexibility index (Phi) is 3.45. The molecule has 0 aliphatic rings. The maximum atomic E-state index is 12.3. The summed E-state index contributed by atoms with van der Waals surface area (Å²) in [6.07, 6.45) is 3.24. The fourth-order valence-electron chi connectivity index (χ4n) is 1.96. The smallest absolute Gasteiger partial charge is 0.260 e. The monoisotopic (exact) mass is 301 g/mol. The van der Waals surface area contributed by atoms with Crippen molar-refractivity contribution in [1.82, 2.24) is 20.0 Å². The number of carbonyl (C=O) groups is 1. The van der Waals surface area contributed by atoms with E-state index in [4.69, 9.17) is 11.6 Å². The van der Waals surface area contributed by atoms with Crippen LogP contribution in [0.1, 0.15) is 10.4 Å². The number of H-pyrrole nitrogens is 1. The van der Waals surface area contributed by atoms with Crippen LogP contribution in [0.5, 0.6) is 0 Å². The van der Waals surface area contributed by atoms with Crippen LogP contribution >= 0.6 is 11.6 Å². The number of nitrogens with one attached hydrogen (secondary N) is 2. The molecule has 0 saturated carbocycles. The Hall–Kier alpha value is -2.60. The van der Waals surface area contributed by atoms with Gasteiger partial charge in [-0.3, -0.25) is 14.6 Å². The van der Waals surface area contributed by atoms with Gasteiger partial charge in [0.2, 0.25) is 0 Å². The molecule has 2 aromatic heterocycles. The molecule has 0 aliphatic carbocycles. The maximum absolute atomic E-state index is 12.3. The molecule has 3 aromatic rings. The number of aromatic nitrogens is 4. The maximum Gasteiger partial charge on any atom is 0.260 e. The Balaban J connectivity index is 1.88. The van der Waals surface area contributed by atoms with Gasteiger partial charge < -0.3 is 5.32 Å². The van der Waals surface area contributed by atoms with E-state index in [0.717, 1.165) is 5.56 Å². The van der Waals surface area contributed by atoms with Crippen LogP contribution in [0.2, 0.25) is 5.02 Å². The number of carbonyl (C=O) groups excluding carboxylic acids is 1. The molecule has 0 radical (unpaired) electrons. The molecule has 0 saturated heterocycles. The van der Waals surface area contributed by atoms with E-state index in [1.807, 2.05) is 12.1 Å². The van der Waals surface area contributed by atoms with Crippen molar-refractivity contribution < 1.29 is 4.79 Å². The number of hydrogen-bond acceptors (Lipinski definition) is 3. The molecule has 0 unspecified atom stereocenters. The molecule has 1 aromatic carbocycles. The van der Waals surface area contributed by atoms with Gasteiger partial charge in [-0.25, -0.2) is 0 Å². The predicted molar refractivity (Wildman–Crippen MR) is 80.2 cm³/mol. The van der Waals surface area contributed by atoms with E-state index in [1.54, 1.807) is 36.1 Å². The first-order valence-electron chi connectivity index (χ1n) is 6.24. The fraction of sp³-hybridized carbons (Fsp3) is 0.0714. The predicted octanol–water partition coefficient (Wildman–Crippen LogP) is 2.72. The summed E-state index contributed by atoms with van der Waals surface area (Å²) in [6, 6.07) is 8.90. The summed E-state index contributed by atoms with van der Waals surface area (Å²) in [7, 11) is 1.78. The molecule has 0 fully saturated rings. The van der Waals surface area contributed by atoms with E-state index in [-0.39, 0.29) is 5.91 Å². The Morgan fingerprint density at radius 2 is 2.05 bits per heavy atom. The van der Waals surface area contributed by atoms with E-state index in [2.05, 4.69) is 20.6 Å². The lowest BCUT2D eigenvalue weighted by Crippen LogP contribution is -2.12. The van der Waals surface area contributed by atoms with Gasteiger partial charge in [0.25, 0.3) is 5.91 Å². The van der Waals surface area contributed by atoms with Crippen LogP contribution in [-0.4, -0.2) is 25.9 Å². The van der Waals surface area contributed by atoms with Crippen LogP contribution in [0, 0.1) is 0 Å². The molecular weight excluding hydrogens is 290 g/mol. The van der Waals surface area contributed by atoms with E-state index < -0.39 is 0 Å². The molecule has 0 aliphatic heterocycles. The first-order valence-corrected chi connectivity index (χ1v) is 6.61. The highest BCUT2D eigenvalue weighted by Gasteiger charge is 2.16.